The summed E-state index contributed by atoms with van der Waals surface area (Å²) in [5.41, 5.74) is 4.64. The minimum Gasteiger partial charge on any atom is -0.467 e. The second-order valence-electron chi connectivity index (χ2n) is 8.65. The van der Waals surface area contributed by atoms with E-state index in [0.717, 1.165) is 27.7 Å². The summed E-state index contributed by atoms with van der Waals surface area (Å²) >= 11 is 3.45. The van der Waals surface area contributed by atoms with Crippen LogP contribution in [0, 0.1) is 5.41 Å². The number of carbonyl (C=O) groups excluding carboxylic acids is 1. The Kier molecular flexibility index (Phi) is 4.62. The summed E-state index contributed by atoms with van der Waals surface area (Å²) in [6, 6.07) is 14.0. The van der Waals surface area contributed by atoms with Crippen molar-refractivity contribution >= 4 is 21.8 Å². The summed E-state index contributed by atoms with van der Waals surface area (Å²) in [6.45, 7) is 5.46. The van der Waals surface area contributed by atoms with Crippen molar-refractivity contribution in [1.82, 2.24) is 14.9 Å². The van der Waals surface area contributed by atoms with Crippen molar-refractivity contribution in [2.75, 3.05) is 0 Å². The molecule has 0 radical (unpaired) electrons. The van der Waals surface area contributed by atoms with Gasteiger partial charge in [0.2, 0.25) is 5.88 Å². The lowest BCUT2D eigenvalue weighted by atomic mass is 9.88. The van der Waals surface area contributed by atoms with Crippen LogP contribution in [0.2, 0.25) is 0 Å². The first-order valence-corrected chi connectivity index (χ1v) is 10.8. The van der Waals surface area contributed by atoms with Gasteiger partial charge in [-0.15, -0.1) is 0 Å². The van der Waals surface area contributed by atoms with E-state index in [9.17, 15) is 4.79 Å². The molecule has 0 saturated carbocycles. The summed E-state index contributed by atoms with van der Waals surface area (Å²) in [6.07, 6.45) is 4.18. The Hall–Kier alpha value is -2.73. The zero-order chi connectivity index (χ0) is 20.9. The van der Waals surface area contributed by atoms with E-state index >= 15 is 0 Å². The molecule has 30 heavy (non-hydrogen) atoms. The molecular formula is C24H22BrN3O2. The van der Waals surface area contributed by atoms with Gasteiger partial charge in [-0.25, -0.2) is 4.98 Å². The molecule has 152 valence electrons. The lowest BCUT2D eigenvalue weighted by Crippen LogP contribution is -2.26. The Morgan fingerprint density at radius 2 is 1.90 bits per heavy atom. The maximum Gasteiger partial charge on any atom is 0.260 e. The monoisotopic (exact) mass is 463 g/mol. The van der Waals surface area contributed by atoms with Crippen LogP contribution in [-0.2, 0) is 19.5 Å². The maximum atomic E-state index is 13.3. The van der Waals surface area contributed by atoms with E-state index in [1.165, 1.54) is 5.56 Å². The van der Waals surface area contributed by atoms with E-state index in [1.54, 1.807) is 12.4 Å². The van der Waals surface area contributed by atoms with Gasteiger partial charge in [-0.1, -0.05) is 48.0 Å². The molecule has 3 aromatic rings. The third-order valence-electron chi connectivity index (χ3n) is 5.91. The van der Waals surface area contributed by atoms with Crippen molar-refractivity contribution in [3.8, 4) is 5.88 Å². The van der Waals surface area contributed by atoms with Crippen LogP contribution in [0.5, 0.6) is 5.88 Å². The molecule has 1 aliphatic carbocycles. The van der Waals surface area contributed by atoms with Crippen LogP contribution in [0.25, 0.3) is 0 Å². The van der Waals surface area contributed by atoms with Crippen molar-refractivity contribution in [2.24, 2.45) is 5.41 Å². The molecule has 0 spiro atoms. The van der Waals surface area contributed by atoms with Crippen LogP contribution in [0.15, 0.2) is 59.3 Å². The first-order chi connectivity index (χ1) is 14.4. The number of amides is 1. The average Bonchev–Trinajstić information content (AvgIpc) is 3.17. The van der Waals surface area contributed by atoms with Crippen LogP contribution in [-0.4, -0.2) is 20.8 Å². The number of pyridine rings is 2. The van der Waals surface area contributed by atoms with Crippen molar-refractivity contribution in [2.45, 2.75) is 39.5 Å². The summed E-state index contributed by atoms with van der Waals surface area (Å²) in [4.78, 5) is 24.1. The Labute approximate surface area is 184 Å². The van der Waals surface area contributed by atoms with Gasteiger partial charge in [-0.2, -0.15) is 0 Å². The molecule has 1 amide bonds. The average molecular weight is 464 g/mol. The minimum atomic E-state index is -0.235. The molecule has 1 atom stereocenters. The molecular weight excluding hydrogens is 442 g/mol. The van der Waals surface area contributed by atoms with Crippen molar-refractivity contribution in [3.63, 3.8) is 0 Å². The number of benzene rings is 1. The zero-order valence-corrected chi connectivity index (χ0v) is 18.5. The predicted octanol–water partition coefficient (Wildman–Crippen LogP) is 5.10. The van der Waals surface area contributed by atoms with Gasteiger partial charge >= 0.3 is 0 Å². The van der Waals surface area contributed by atoms with Crippen LogP contribution >= 0.6 is 15.9 Å². The second-order valence-corrected chi connectivity index (χ2v) is 9.56. The molecule has 3 heterocycles. The molecule has 6 heteroatoms. The standard InChI is InChI=1S/C24H22BrN3O2/c1-24(2)12-16-4-3-10-26-20(16)21(24)30-22-19-17(9-11-27-22)14-28(23(19)29)13-15-5-7-18(25)8-6-15/h3-11,21H,12-14H2,1-2H3. The van der Waals surface area contributed by atoms with E-state index < -0.39 is 0 Å². The van der Waals surface area contributed by atoms with E-state index in [2.05, 4.69) is 45.8 Å². The van der Waals surface area contributed by atoms with Crippen LogP contribution in [0.3, 0.4) is 0 Å². The Morgan fingerprint density at radius 3 is 2.70 bits per heavy atom. The highest BCUT2D eigenvalue weighted by Gasteiger charge is 2.43. The van der Waals surface area contributed by atoms with Gasteiger partial charge < -0.3 is 9.64 Å². The van der Waals surface area contributed by atoms with Crippen molar-refractivity contribution in [3.05, 3.63) is 87.3 Å². The normalized spacial score (nSPS) is 19.0. The summed E-state index contributed by atoms with van der Waals surface area (Å²) < 4.78 is 7.44. The van der Waals surface area contributed by atoms with Crippen LogP contribution < -0.4 is 4.74 Å². The molecule has 2 aliphatic rings. The smallest absolute Gasteiger partial charge is 0.260 e. The molecule has 0 saturated heterocycles. The largest absolute Gasteiger partial charge is 0.467 e. The Bertz CT molecular complexity index is 1130. The molecule has 1 unspecified atom stereocenters. The van der Waals surface area contributed by atoms with Gasteiger partial charge in [-0.3, -0.25) is 9.78 Å². The van der Waals surface area contributed by atoms with Crippen molar-refractivity contribution in [1.29, 1.82) is 0 Å². The number of carbonyl (C=O) groups is 1. The number of aromatic nitrogens is 2. The summed E-state index contributed by atoms with van der Waals surface area (Å²) in [5.74, 6) is 0.375. The lowest BCUT2D eigenvalue weighted by molar-refractivity contribution is 0.0711. The van der Waals surface area contributed by atoms with Gasteiger partial charge in [0.05, 0.1) is 5.69 Å². The van der Waals surface area contributed by atoms with E-state index in [4.69, 9.17) is 4.74 Å². The molecule has 0 fully saturated rings. The van der Waals surface area contributed by atoms with Crippen LogP contribution in [0.1, 0.15) is 52.7 Å². The Morgan fingerprint density at radius 1 is 1.10 bits per heavy atom. The fourth-order valence-corrected chi connectivity index (χ4v) is 4.68. The first kappa shape index (κ1) is 19.2. The molecule has 1 aliphatic heterocycles. The topological polar surface area (TPSA) is 55.3 Å². The Balaban J connectivity index is 1.43. The highest BCUT2D eigenvalue weighted by Crippen LogP contribution is 2.47. The number of ether oxygens (including phenoxy) is 1. The van der Waals surface area contributed by atoms with Gasteiger partial charge in [0.1, 0.15) is 11.7 Å². The number of rotatable bonds is 4. The van der Waals surface area contributed by atoms with Crippen LogP contribution in [0.4, 0.5) is 0 Å². The zero-order valence-electron chi connectivity index (χ0n) is 16.9. The SMILES string of the molecule is CC1(C)Cc2cccnc2C1Oc1nccc2c1C(=O)N(Cc1ccc(Br)cc1)C2. The van der Waals surface area contributed by atoms with Gasteiger partial charge in [0, 0.05) is 35.4 Å². The minimum absolute atomic E-state index is 0.0342. The van der Waals surface area contributed by atoms with E-state index in [-0.39, 0.29) is 17.4 Å². The summed E-state index contributed by atoms with van der Waals surface area (Å²) in [7, 11) is 0. The lowest BCUT2D eigenvalue weighted by Gasteiger charge is -2.27. The molecule has 1 aromatic carbocycles. The molecule has 0 bridgehead atoms. The third kappa shape index (κ3) is 3.29. The highest BCUT2D eigenvalue weighted by atomic mass is 79.9. The quantitative estimate of drug-likeness (QED) is 0.540. The third-order valence-corrected chi connectivity index (χ3v) is 6.44. The van der Waals surface area contributed by atoms with Gasteiger partial charge in [0.25, 0.3) is 5.91 Å². The number of nitrogens with zero attached hydrogens (tertiary/aromatic N) is 3. The summed E-state index contributed by atoms with van der Waals surface area (Å²) in [5, 5.41) is 0. The number of hydrogen-bond donors (Lipinski definition) is 0. The maximum absolute atomic E-state index is 13.3. The predicted molar refractivity (Wildman–Crippen MR) is 117 cm³/mol. The molecule has 5 rings (SSSR count). The highest BCUT2D eigenvalue weighted by molar-refractivity contribution is 9.10. The number of fused-ring (bicyclic) bond motifs is 2. The molecule has 5 nitrogen and oxygen atoms in total. The number of halogens is 1. The van der Waals surface area contributed by atoms with E-state index in [0.29, 0.717) is 24.5 Å². The van der Waals surface area contributed by atoms with Crippen molar-refractivity contribution < 1.29 is 9.53 Å². The molecule has 0 N–H and O–H groups in total. The van der Waals surface area contributed by atoms with Gasteiger partial charge in [-0.05, 0) is 47.4 Å². The fraction of sp³-hybridized carbons (Fsp3) is 0.292. The van der Waals surface area contributed by atoms with E-state index in [1.807, 2.05) is 41.3 Å². The van der Waals surface area contributed by atoms with Gasteiger partial charge in [0.15, 0.2) is 0 Å². The molecule has 2 aromatic heterocycles. The first-order valence-electron chi connectivity index (χ1n) is 10.0. The fourth-order valence-electron chi connectivity index (χ4n) is 4.42. The number of hydrogen-bond acceptors (Lipinski definition) is 4. The second kappa shape index (κ2) is 7.20.